The van der Waals surface area contributed by atoms with E-state index in [2.05, 4.69) is 80.8 Å². The van der Waals surface area contributed by atoms with Gasteiger partial charge in [0, 0.05) is 36.0 Å². The van der Waals surface area contributed by atoms with Gasteiger partial charge in [0.2, 0.25) is 0 Å². The molecule has 0 aliphatic carbocycles. The van der Waals surface area contributed by atoms with Crippen LogP contribution >= 0.6 is 0 Å². The van der Waals surface area contributed by atoms with Crippen LogP contribution in [0.25, 0.3) is 0 Å². The third-order valence-electron chi connectivity index (χ3n) is 6.20. The number of nitrogens with zero attached hydrogens (tertiary/aromatic N) is 1. The summed E-state index contributed by atoms with van der Waals surface area (Å²) in [4.78, 5) is 13.3. The standard InChI is InChI=1S/C32H37FN2O2/c1-5-6-7-8-21-35(28-19-20-29(33)30(22-28)37-31(34)36)23-26-13-11-24(12-14-26)9-10-25-15-17-27(18-16-25)32(2,3)4/h11-20,22H,5-8,21,23H2,1-4H3,(H2,34,36). The normalized spacial score (nSPS) is 10.9. The van der Waals surface area contributed by atoms with Crippen molar-refractivity contribution in [1.82, 2.24) is 0 Å². The Morgan fingerprint density at radius 2 is 1.54 bits per heavy atom. The van der Waals surface area contributed by atoms with Gasteiger partial charge in [0.05, 0.1) is 0 Å². The molecule has 0 atom stereocenters. The zero-order valence-corrected chi connectivity index (χ0v) is 22.3. The molecule has 0 fully saturated rings. The first-order valence-corrected chi connectivity index (χ1v) is 12.9. The topological polar surface area (TPSA) is 55.6 Å². The Labute approximate surface area is 220 Å². The van der Waals surface area contributed by atoms with Crippen LogP contribution in [0.5, 0.6) is 5.75 Å². The Morgan fingerprint density at radius 3 is 2.11 bits per heavy atom. The van der Waals surface area contributed by atoms with Crippen LogP contribution < -0.4 is 15.4 Å². The van der Waals surface area contributed by atoms with Gasteiger partial charge in [-0.1, -0.05) is 83.1 Å². The first kappa shape index (κ1) is 27.8. The molecule has 0 aliphatic rings. The molecular formula is C32H37FN2O2. The molecule has 0 radical (unpaired) electrons. The molecule has 4 nitrogen and oxygen atoms in total. The molecule has 0 saturated heterocycles. The van der Waals surface area contributed by atoms with Crippen LogP contribution in [-0.4, -0.2) is 12.6 Å². The number of carbonyl (C=O) groups is 1. The van der Waals surface area contributed by atoms with Crippen molar-refractivity contribution in [3.63, 3.8) is 0 Å². The number of halogens is 1. The fraction of sp³-hybridized carbons (Fsp3) is 0.344. The largest absolute Gasteiger partial charge is 0.410 e. The van der Waals surface area contributed by atoms with Crippen LogP contribution in [0, 0.1) is 17.7 Å². The average molecular weight is 501 g/mol. The van der Waals surface area contributed by atoms with Gasteiger partial charge < -0.3 is 15.4 Å². The van der Waals surface area contributed by atoms with Gasteiger partial charge in [-0.25, -0.2) is 9.18 Å². The third kappa shape index (κ3) is 8.68. The monoisotopic (exact) mass is 500 g/mol. The van der Waals surface area contributed by atoms with Crippen molar-refractivity contribution in [2.75, 3.05) is 11.4 Å². The van der Waals surface area contributed by atoms with Crippen molar-refractivity contribution >= 4 is 11.8 Å². The molecule has 3 aromatic rings. The molecule has 0 aliphatic heterocycles. The van der Waals surface area contributed by atoms with Gasteiger partial charge >= 0.3 is 6.09 Å². The van der Waals surface area contributed by atoms with E-state index in [-0.39, 0.29) is 11.2 Å². The van der Waals surface area contributed by atoms with E-state index in [1.807, 2.05) is 12.1 Å². The summed E-state index contributed by atoms with van der Waals surface area (Å²) in [5.41, 5.74) is 10.3. The van der Waals surface area contributed by atoms with Crippen LogP contribution in [0.1, 0.15) is 75.6 Å². The number of hydrogen-bond donors (Lipinski definition) is 1. The molecule has 3 rings (SSSR count). The zero-order valence-electron chi connectivity index (χ0n) is 22.3. The van der Waals surface area contributed by atoms with E-state index in [1.165, 1.54) is 24.1 Å². The highest BCUT2D eigenvalue weighted by Crippen LogP contribution is 2.27. The lowest BCUT2D eigenvalue weighted by molar-refractivity contribution is 0.208. The molecule has 2 N–H and O–H groups in total. The highest BCUT2D eigenvalue weighted by Gasteiger charge is 2.14. The van der Waals surface area contributed by atoms with Crippen molar-refractivity contribution in [2.45, 2.75) is 65.3 Å². The molecule has 1 amide bonds. The lowest BCUT2D eigenvalue weighted by atomic mass is 9.87. The maximum absolute atomic E-state index is 14.1. The minimum atomic E-state index is -1.03. The summed E-state index contributed by atoms with van der Waals surface area (Å²) in [5, 5.41) is 0. The predicted octanol–water partition coefficient (Wildman–Crippen LogP) is 7.57. The number of amides is 1. The van der Waals surface area contributed by atoms with Gasteiger partial charge in [-0.05, 0) is 59.4 Å². The van der Waals surface area contributed by atoms with Crippen molar-refractivity contribution in [3.05, 3.63) is 94.8 Å². The van der Waals surface area contributed by atoms with Crippen LogP contribution in [0.2, 0.25) is 0 Å². The van der Waals surface area contributed by atoms with Gasteiger partial charge in [-0.15, -0.1) is 0 Å². The van der Waals surface area contributed by atoms with Crippen molar-refractivity contribution in [3.8, 4) is 17.6 Å². The molecule has 37 heavy (non-hydrogen) atoms. The van der Waals surface area contributed by atoms with E-state index >= 15 is 0 Å². The van der Waals surface area contributed by atoms with Crippen molar-refractivity contribution < 1.29 is 13.9 Å². The van der Waals surface area contributed by atoms with Crippen LogP contribution in [0.3, 0.4) is 0 Å². The van der Waals surface area contributed by atoms with Crippen molar-refractivity contribution in [2.24, 2.45) is 5.73 Å². The molecule has 194 valence electrons. The fourth-order valence-electron chi connectivity index (χ4n) is 4.02. The Bertz CT molecular complexity index is 1230. The van der Waals surface area contributed by atoms with E-state index < -0.39 is 11.9 Å². The summed E-state index contributed by atoms with van der Waals surface area (Å²) in [7, 11) is 0. The summed E-state index contributed by atoms with van der Waals surface area (Å²) in [6.07, 6.45) is 3.40. The average Bonchev–Trinajstić information content (AvgIpc) is 2.86. The van der Waals surface area contributed by atoms with E-state index in [0.29, 0.717) is 6.54 Å². The molecule has 0 saturated carbocycles. The number of benzene rings is 3. The Hall–Kier alpha value is -3.78. The molecule has 5 heteroatoms. The van der Waals surface area contributed by atoms with Crippen LogP contribution in [0.4, 0.5) is 14.9 Å². The maximum atomic E-state index is 14.1. The minimum absolute atomic E-state index is 0.121. The molecule has 0 spiro atoms. The van der Waals surface area contributed by atoms with E-state index in [4.69, 9.17) is 10.5 Å². The summed E-state index contributed by atoms with van der Waals surface area (Å²) in [6, 6.07) is 21.1. The second-order valence-electron chi connectivity index (χ2n) is 10.3. The smallest absolute Gasteiger partial charge is 0.407 e. The summed E-state index contributed by atoms with van der Waals surface area (Å²) >= 11 is 0. The quantitative estimate of drug-likeness (QED) is 0.243. The lowest BCUT2D eigenvalue weighted by Crippen LogP contribution is -2.24. The Kier molecular flexibility index (Phi) is 9.74. The van der Waals surface area contributed by atoms with Gasteiger partial charge in [-0.3, -0.25) is 0 Å². The third-order valence-corrected chi connectivity index (χ3v) is 6.20. The number of carbonyl (C=O) groups excluding carboxylic acids is 1. The fourth-order valence-corrected chi connectivity index (χ4v) is 4.02. The molecule has 0 heterocycles. The molecule has 0 bridgehead atoms. The number of unbranched alkanes of at least 4 members (excludes halogenated alkanes) is 3. The summed E-state index contributed by atoms with van der Waals surface area (Å²) in [6.45, 7) is 10.2. The number of primary amides is 1. The van der Waals surface area contributed by atoms with E-state index in [1.54, 1.807) is 6.07 Å². The van der Waals surface area contributed by atoms with E-state index in [9.17, 15) is 9.18 Å². The second-order valence-corrected chi connectivity index (χ2v) is 10.3. The van der Waals surface area contributed by atoms with Crippen LogP contribution in [0.15, 0.2) is 66.7 Å². The summed E-state index contributed by atoms with van der Waals surface area (Å²) < 4.78 is 19.0. The number of nitrogens with two attached hydrogens (primary N) is 1. The Morgan fingerprint density at radius 1 is 0.919 bits per heavy atom. The highest BCUT2D eigenvalue weighted by molar-refractivity contribution is 5.69. The SMILES string of the molecule is CCCCCCN(Cc1ccc(C#Cc2ccc(C(C)(C)C)cc2)cc1)c1ccc(F)c(OC(N)=O)c1. The zero-order chi connectivity index (χ0) is 26.8. The van der Waals surface area contributed by atoms with Gasteiger partial charge in [0.25, 0.3) is 0 Å². The highest BCUT2D eigenvalue weighted by atomic mass is 19.1. The minimum Gasteiger partial charge on any atom is -0.407 e. The summed E-state index contributed by atoms with van der Waals surface area (Å²) in [5.74, 6) is 5.71. The van der Waals surface area contributed by atoms with Gasteiger partial charge in [0.15, 0.2) is 11.6 Å². The molecule has 3 aromatic carbocycles. The number of ether oxygens (including phenoxy) is 1. The van der Waals surface area contributed by atoms with Gasteiger partial charge in [-0.2, -0.15) is 0 Å². The number of hydrogen-bond acceptors (Lipinski definition) is 3. The molecule has 0 aromatic heterocycles. The lowest BCUT2D eigenvalue weighted by Gasteiger charge is -2.25. The number of rotatable bonds is 9. The molecule has 0 unspecified atom stereocenters. The van der Waals surface area contributed by atoms with Gasteiger partial charge in [0.1, 0.15) is 0 Å². The maximum Gasteiger partial charge on any atom is 0.410 e. The first-order chi connectivity index (χ1) is 17.7. The first-order valence-electron chi connectivity index (χ1n) is 12.9. The second kappa shape index (κ2) is 13.0. The predicted molar refractivity (Wildman–Crippen MR) is 149 cm³/mol. The Balaban J connectivity index is 1.74. The molecular weight excluding hydrogens is 463 g/mol. The van der Waals surface area contributed by atoms with E-state index in [0.717, 1.165) is 48.2 Å². The van der Waals surface area contributed by atoms with Crippen molar-refractivity contribution in [1.29, 1.82) is 0 Å². The number of anilines is 1. The van der Waals surface area contributed by atoms with Crippen LogP contribution in [-0.2, 0) is 12.0 Å².